The van der Waals surface area contributed by atoms with E-state index in [1.165, 1.54) is 17.4 Å². The first-order valence-corrected chi connectivity index (χ1v) is 7.64. The SMILES string of the molecule is O=C(N[C@H]1CCCC[C@@H]1O)c1cc2c(F)cccc2s1. The molecule has 20 heavy (non-hydrogen) atoms. The van der Waals surface area contributed by atoms with Crippen LogP contribution in [0.4, 0.5) is 4.39 Å². The van der Waals surface area contributed by atoms with Gasteiger partial charge in [-0.05, 0) is 31.0 Å². The number of hydrogen-bond donors (Lipinski definition) is 2. The lowest BCUT2D eigenvalue weighted by atomic mass is 9.92. The summed E-state index contributed by atoms with van der Waals surface area (Å²) >= 11 is 1.28. The number of halogens is 1. The molecule has 2 N–H and O–H groups in total. The van der Waals surface area contributed by atoms with Crippen LogP contribution in [0.3, 0.4) is 0 Å². The maximum Gasteiger partial charge on any atom is 0.261 e. The number of aliphatic hydroxyl groups is 1. The minimum absolute atomic E-state index is 0.189. The second kappa shape index (κ2) is 5.50. The Balaban J connectivity index is 1.80. The fourth-order valence-electron chi connectivity index (χ4n) is 2.66. The maximum atomic E-state index is 13.6. The van der Waals surface area contributed by atoms with Gasteiger partial charge in [0.2, 0.25) is 0 Å². The number of carbonyl (C=O) groups excluding carboxylic acids is 1. The van der Waals surface area contributed by atoms with E-state index in [1.54, 1.807) is 18.2 Å². The summed E-state index contributed by atoms with van der Waals surface area (Å²) in [7, 11) is 0. The third-order valence-electron chi connectivity index (χ3n) is 3.78. The van der Waals surface area contributed by atoms with E-state index in [-0.39, 0.29) is 17.8 Å². The van der Waals surface area contributed by atoms with Crippen molar-refractivity contribution < 1.29 is 14.3 Å². The van der Waals surface area contributed by atoms with Crippen LogP contribution in [0, 0.1) is 5.82 Å². The Morgan fingerprint density at radius 3 is 2.90 bits per heavy atom. The minimum Gasteiger partial charge on any atom is -0.391 e. The van der Waals surface area contributed by atoms with Crippen molar-refractivity contribution in [3.05, 3.63) is 35.0 Å². The molecule has 0 aliphatic heterocycles. The molecule has 0 radical (unpaired) electrons. The summed E-state index contributed by atoms with van der Waals surface area (Å²) in [5.41, 5.74) is 0. The quantitative estimate of drug-likeness (QED) is 0.894. The summed E-state index contributed by atoms with van der Waals surface area (Å²) in [5, 5.41) is 13.2. The molecule has 2 atom stereocenters. The topological polar surface area (TPSA) is 49.3 Å². The standard InChI is InChI=1S/C15H16FNO2S/c16-10-4-3-7-13-9(10)8-14(20-13)15(19)17-11-5-1-2-6-12(11)18/h3-4,7-8,11-12,18H,1-2,5-6H2,(H,17,19)/t11-,12-/m0/s1. The summed E-state index contributed by atoms with van der Waals surface area (Å²) < 4.78 is 14.4. The molecule has 3 rings (SSSR count). The van der Waals surface area contributed by atoms with Gasteiger partial charge >= 0.3 is 0 Å². The molecule has 1 amide bonds. The molecule has 106 valence electrons. The van der Waals surface area contributed by atoms with Crippen LogP contribution < -0.4 is 5.32 Å². The van der Waals surface area contributed by atoms with Gasteiger partial charge in [-0.3, -0.25) is 4.79 Å². The highest BCUT2D eigenvalue weighted by Gasteiger charge is 2.25. The van der Waals surface area contributed by atoms with Gasteiger partial charge in [-0.2, -0.15) is 0 Å². The molecule has 1 aromatic carbocycles. The van der Waals surface area contributed by atoms with Gasteiger partial charge in [-0.15, -0.1) is 11.3 Å². The Kier molecular flexibility index (Phi) is 3.72. The predicted molar refractivity (Wildman–Crippen MR) is 77.5 cm³/mol. The number of aliphatic hydroxyl groups excluding tert-OH is 1. The number of amides is 1. The Labute approximate surface area is 120 Å². The van der Waals surface area contributed by atoms with Crippen LogP contribution in [-0.4, -0.2) is 23.2 Å². The van der Waals surface area contributed by atoms with Gasteiger partial charge < -0.3 is 10.4 Å². The second-order valence-corrected chi connectivity index (χ2v) is 6.28. The van der Waals surface area contributed by atoms with Crippen molar-refractivity contribution in [2.45, 2.75) is 37.8 Å². The summed E-state index contributed by atoms with van der Waals surface area (Å²) in [5.74, 6) is -0.535. The molecule has 1 aliphatic rings. The number of carbonyl (C=O) groups is 1. The van der Waals surface area contributed by atoms with E-state index in [0.29, 0.717) is 10.3 Å². The summed E-state index contributed by atoms with van der Waals surface area (Å²) in [6.07, 6.45) is 3.07. The number of thiophene rings is 1. The average molecular weight is 293 g/mol. The van der Waals surface area contributed by atoms with Crippen molar-refractivity contribution in [3.8, 4) is 0 Å². The van der Waals surface area contributed by atoms with Gasteiger partial charge in [0.15, 0.2) is 0 Å². The first kappa shape index (κ1) is 13.5. The normalized spacial score (nSPS) is 22.9. The molecule has 1 heterocycles. The van der Waals surface area contributed by atoms with Crippen molar-refractivity contribution >= 4 is 27.3 Å². The lowest BCUT2D eigenvalue weighted by Crippen LogP contribution is -2.44. The molecule has 0 unspecified atom stereocenters. The molecule has 1 fully saturated rings. The molecular formula is C15H16FNO2S. The number of fused-ring (bicyclic) bond motifs is 1. The lowest BCUT2D eigenvalue weighted by Gasteiger charge is -2.28. The predicted octanol–water partition coefficient (Wildman–Crippen LogP) is 3.07. The minimum atomic E-state index is -0.473. The van der Waals surface area contributed by atoms with E-state index in [2.05, 4.69) is 5.32 Å². The van der Waals surface area contributed by atoms with E-state index in [0.717, 1.165) is 30.4 Å². The van der Waals surface area contributed by atoms with Gasteiger partial charge in [0.25, 0.3) is 5.91 Å². The highest BCUT2D eigenvalue weighted by molar-refractivity contribution is 7.20. The van der Waals surface area contributed by atoms with E-state index >= 15 is 0 Å². The molecule has 3 nitrogen and oxygen atoms in total. The number of nitrogens with one attached hydrogen (secondary N) is 1. The smallest absolute Gasteiger partial charge is 0.261 e. The van der Waals surface area contributed by atoms with E-state index in [1.807, 2.05) is 0 Å². The van der Waals surface area contributed by atoms with Crippen molar-refractivity contribution in [2.24, 2.45) is 0 Å². The molecule has 1 aromatic heterocycles. The molecule has 1 saturated carbocycles. The van der Waals surface area contributed by atoms with Crippen LogP contribution in [-0.2, 0) is 0 Å². The van der Waals surface area contributed by atoms with E-state index in [4.69, 9.17) is 0 Å². The Hall–Kier alpha value is -1.46. The second-order valence-electron chi connectivity index (χ2n) is 5.19. The average Bonchev–Trinajstić information content (AvgIpc) is 2.87. The number of benzene rings is 1. The van der Waals surface area contributed by atoms with Gasteiger partial charge in [-0.1, -0.05) is 18.9 Å². The molecule has 0 saturated heterocycles. The Bertz CT molecular complexity index is 640. The third kappa shape index (κ3) is 2.55. The van der Waals surface area contributed by atoms with E-state index < -0.39 is 6.10 Å². The summed E-state index contributed by atoms with van der Waals surface area (Å²) in [6, 6.07) is 6.23. The van der Waals surface area contributed by atoms with Crippen molar-refractivity contribution in [2.75, 3.05) is 0 Å². The molecule has 5 heteroatoms. The Morgan fingerprint density at radius 2 is 2.15 bits per heavy atom. The molecule has 0 bridgehead atoms. The number of hydrogen-bond acceptors (Lipinski definition) is 3. The van der Waals surface area contributed by atoms with Crippen LogP contribution in [0.15, 0.2) is 24.3 Å². The van der Waals surface area contributed by atoms with Gasteiger partial charge in [0.1, 0.15) is 5.82 Å². The van der Waals surface area contributed by atoms with Crippen molar-refractivity contribution in [1.29, 1.82) is 0 Å². The summed E-state index contributed by atoms with van der Waals surface area (Å²) in [4.78, 5) is 12.7. The molecular weight excluding hydrogens is 277 g/mol. The molecule has 2 aromatic rings. The van der Waals surface area contributed by atoms with E-state index in [9.17, 15) is 14.3 Å². The first-order valence-electron chi connectivity index (χ1n) is 6.82. The van der Waals surface area contributed by atoms with Crippen LogP contribution >= 0.6 is 11.3 Å². The van der Waals surface area contributed by atoms with Crippen LogP contribution in [0.5, 0.6) is 0 Å². The van der Waals surface area contributed by atoms with Crippen molar-refractivity contribution in [1.82, 2.24) is 5.32 Å². The zero-order chi connectivity index (χ0) is 14.1. The largest absolute Gasteiger partial charge is 0.391 e. The van der Waals surface area contributed by atoms with Crippen molar-refractivity contribution in [3.63, 3.8) is 0 Å². The summed E-state index contributed by atoms with van der Waals surface area (Å²) in [6.45, 7) is 0. The van der Waals surface area contributed by atoms with Crippen LogP contribution in [0.1, 0.15) is 35.4 Å². The van der Waals surface area contributed by atoms with Gasteiger partial charge in [-0.25, -0.2) is 4.39 Å². The first-order chi connectivity index (χ1) is 9.65. The van der Waals surface area contributed by atoms with Gasteiger partial charge in [0, 0.05) is 10.1 Å². The molecule has 0 spiro atoms. The van der Waals surface area contributed by atoms with Crippen LogP contribution in [0.2, 0.25) is 0 Å². The van der Waals surface area contributed by atoms with Gasteiger partial charge in [0.05, 0.1) is 17.0 Å². The zero-order valence-electron chi connectivity index (χ0n) is 10.9. The zero-order valence-corrected chi connectivity index (χ0v) is 11.8. The third-order valence-corrected chi connectivity index (χ3v) is 4.88. The highest BCUT2D eigenvalue weighted by atomic mass is 32.1. The highest BCUT2D eigenvalue weighted by Crippen LogP contribution is 2.28. The fourth-order valence-corrected chi connectivity index (χ4v) is 3.63. The fraction of sp³-hybridized carbons (Fsp3) is 0.400. The number of rotatable bonds is 2. The van der Waals surface area contributed by atoms with Crippen LogP contribution in [0.25, 0.3) is 10.1 Å². The molecule has 1 aliphatic carbocycles. The Morgan fingerprint density at radius 1 is 1.35 bits per heavy atom. The monoisotopic (exact) mass is 293 g/mol. The lowest BCUT2D eigenvalue weighted by molar-refractivity contribution is 0.0720. The maximum absolute atomic E-state index is 13.6.